The second-order valence-electron chi connectivity index (χ2n) is 5.15. The van der Waals surface area contributed by atoms with E-state index in [4.69, 9.17) is 4.74 Å². The number of methoxy groups -OCH3 is 1. The van der Waals surface area contributed by atoms with Crippen LogP contribution in [0.4, 0.5) is 0 Å². The molecule has 1 aliphatic heterocycles. The number of rotatable bonds is 5. The Hall–Kier alpha value is -2.95. The minimum Gasteiger partial charge on any atom is -0.481 e. The summed E-state index contributed by atoms with van der Waals surface area (Å²) in [6, 6.07) is 11.2. The van der Waals surface area contributed by atoms with Gasteiger partial charge in [0.15, 0.2) is 0 Å². The number of allylic oxidation sites excluding steroid dienone is 1. The Morgan fingerprint density at radius 1 is 1.29 bits per heavy atom. The lowest BCUT2D eigenvalue weighted by Crippen LogP contribution is -2.22. The van der Waals surface area contributed by atoms with Crippen LogP contribution in [0.1, 0.15) is 31.8 Å². The maximum absolute atomic E-state index is 12.2. The molecule has 0 bridgehead atoms. The van der Waals surface area contributed by atoms with E-state index in [1.165, 1.54) is 5.57 Å². The molecule has 0 saturated heterocycles. The number of nitrogens with one attached hydrogen (secondary N) is 1. The number of aliphatic imine (C=N–C) groups is 1. The Bertz CT molecular complexity index is 775. The molecular formula is C19H25N3O2. The molecule has 3 rings (SSSR count). The highest BCUT2D eigenvalue weighted by molar-refractivity contribution is 5.95. The summed E-state index contributed by atoms with van der Waals surface area (Å²) in [7, 11) is 1.57. The zero-order valence-corrected chi connectivity index (χ0v) is 12.8. The van der Waals surface area contributed by atoms with Crippen molar-refractivity contribution in [1.82, 2.24) is 10.3 Å². The van der Waals surface area contributed by atoms with Crippen LogP contribution < -0.4 is 10.1 Å². The average molecular weight is 327 g/mol. The number of nitrogens with zero attached hydrogens (tertiary/aromatic N) is 2. The van der Waals surface area contributed by atoms with Crippen LogP contribution in [0.5, 0.6) is 5.88 Å². The lowest BCUT2D eigenvalue weighted by molar-refractivity contribution is 0.0951. The van der Waals surface area contributed by atoms with Gasteiger partial charge >= 0.3 is 0 Å². The van der Waals surface area contributed by atoms with Crippen molar-refractivity contribution in [3.8, 4) is 5.88 Å². The first-order chi connectivity index (χ1) is 11.3. The van der Waals surface area contributed by atoms with E-state index in [1.807, 2.05) is 36.4 Å². The van der Waals surface area contributed by atoms with Crippen LogP contribution in [0, 0.1) is 0 Å². The molecule has 128 valence electrons. The number of hydrogen-bond donors (Lipinski definition) is 1. The van der Waals surface area contributed by atoms with E-state index in [1.54, 1.807) is 25.6 Å². The molecule has 0 atom stereocenters. The Labute approximate surface area is 145 Å². The van der Waals surface area contributed by atoms with Gasteiger partial charge in [-0.25, -0.2) is 4.98 Å². The number of carbonyl (C=O) groups excluding carboxylic acids is 1. The molecule has 0 aliphatic carbocycles. The molecule has 1 aromatic heterocycles. The fourth-order valence-electron chi connectivity index (χ4n) is 2.33. The van der Waals surface area contributed by atoms with E-state index in [9.17, 15) is 4.79 Å². The zero-order valence-electron chi connectivity index (χ0n) is 12.8. The van der Waals surface area contributed by atoms with Gasteiger partial charge in [-0.2, -0.15) is 0 Å². The molecule has 1 aromatic carbocycles. The molecule has 2 heterocycles. The monoisotopic (exact) mass is 327 g/mol. The zero-order chi connectivity index (χ0) is 16.1. The molecule has 0 radical (unpaired) electrons. The summed E-state index contributed by atoms with van der Waals surface area (Å²) < 4.78 is 5.07. The number of hydrogen-bond acceptors (Lipinski definition) is 4. The Morgan fingerprint density at radius 2 is 2.08 bits per heavy atom. The molecule has 1 amide bonds. The predicted molar refractivity (Wildman–Crippen MR) is 101 cm³/mol. The quantitative estimate of drug-likeness (QED) is 0.912. The van der Waals surface area contributed by atoms with Crippen molar-refractivity contribution in [2.24, 2.45) is 4.99 Å². The number of amides is 1. The summed E-state index contributed by atoms with van der Waals surface area (Å²) in [4.78, 5) is 20.4. The van der Waals surface area contributed by atoms with Crippen molar-refractivity contribution in [3.05, 3.63) is 65.4 Å². The highest BCUT2D eigenvalue weighted by Gasteiger charge is 2.08. The number of benzene rings is 1. The van der Waals surface area contributed by atoms with Gasteiger partial charge in [-0.15, -0.1) is 0 Å². The predicted octanol–water partition coefficient (Wildman–Crippen LogP) is 3.62. The topological polar surface area (TPSA) is 63.6 Å². The highest BCUT2D eigenvalue weighted by Crippen LogP contribution is 2.18. The first kappa shape index (κ1) is 17.4. The molecule has 2 aromatic rings. The molecule has 0 fully saturated rings. The van der Waals surface area contributed by atoms with Gasteiger partial charge < -0.3 is 10.1 Å². The van der Waals surface area contributed by atoms with Gasteiger partial charge in [0.2, 0.25) is 5.88 Å². The summed E-state index contributed by atoms with van der Waals surface area (Å²) in [6.07, 6.45) is 5.46. The fraction of sp³-hybridized carbons (Fsp3) is 0.211. The van der Waals surface area contributed by atoms with Crippen LogP contribution in [0.3, 0.4) is 0 Å². The van der Waals surface area contributed by atoms with E-state index in [-0.39, 0.29) is 16.2 Å². The lowest BCUT2D eigenvalue weighted by atomic mass is 10.0. The molecule has 5 nitrogen and oxygen atoms in total. The number of carbonyl (C=O) groups is 1. The standard InChI is InChI=1S/C18H17N3O2.CH4.2H2/c1-23-17-10-13(6-9-20-17)11-21-18(22)15-4-2-14(3-5-15)16-7-8-19-12-16;;;/h2-10H,11-12H2,1H3,(H,21,22);1H4;2*1H. The molecule has 0 unspecified atom stereocenters. The van der Waals surface area contributed by atoms with Gasteiger partial charge in [0.25, 0.3) is 5.91 Å². The van der Waals surface area contributed by atoms with Crippen molar-refractivity contribution in [1.29, 1.82) is 0 Å². The van der Waals surface area contributed by atoms with Crippen molar-refractivity contribution in [2.75, 3.05) is 13.7 Å². The number of aromatic nitrogens is 1. The SMILES string of the molecule is C.COc1cc(CNC(=O)c2ccc(C3=CC=NC3)cc2)ccn1.[HH].[HH]. The van der Waals surface area contributed by atoms with Crippen LogP contribution in [-0.4, -0.2) is 30.8 Å². The van der Waals surface area contributed by atoms with Crippen molar-refractivity contribution in [3.63, 3.8) is 0 Å². The smallest absolute Gasteiger partial charge is 0.251 e. The first-order valence-electron chi connectivity index (χ1n) is 7.33. The van der Waals surface area contributed by atoms with Gasteiger partial charge in [-0.05, 0) is 41.0 Å². The van der Waals surface area contributed by atoms with E-state index < -0.39 is 0 Å². The van der Waals surface area contributed by atoms with Gasteiger partial charge in [0, 0.05) is 33.4 Å². The van der Waals surface area contributed by atoms with Crippen LogP contribution in [0.2, 0.25) is 0 Å². The molecule has 0 spiro atoms. The van der Waals surface area contributed by atoms with Crippen molar-refractivity contribution >= 4 is 17.7 Å². The van der Waals surface area contributed by atoms with Crippen LogP contribution in [-0.2, 0) is 6.54 Å². The normalized spacial score (nSPS) is 12.3. The second-order valence-corrected chi connectivity index (χ2v) is 5.15. The summed E-state index contributed by atoms with van der Waals surface area (Å²) in [5.41, 5.74) is 3.84. The lowest BCUT2D eigenvalue weighted by Gasteiger charge is -2.07. The third-order valence-electron chi connectivity index (χ3n) is 3.62. The van der Waals surface area contributed by atoms with E-state index in [2.05, 4.69) is 15.3 Å². The first-order valence-corrected chi connectivity index (χ1v) is 7.33. The Kier molecular flexibility index (Phi) is 5.84. The maximum atomic E-state index is 12.2. The summed E-state index contributed by atoms with van der Waals surface area (Å²) in [5, 5.41) is 2.89. The number of ether oxygens (including phenoxy) is 1. The molecular weight excluding hydrogens is 302 g/mol. The van der Waals surface area contributed by atoms with E-state index >= 15 is 0 Å². The highest BCUT2D eigenvalue weighted by atomic mass is 16.5. The molecule has 0 saturated carbocycles. The minimum atomic E-state index is -0.107. The number of pyridine rings is 1. The second kappa shape index (κ2) is 8.06. The summed E-state index contributed by atoms with van der Waals surface area (Å²) in [5.74, 6) is 0.428. The third-order valence-corrected chi connectivity index (χ3v) is 3.62. The van der Waals surface area contributed by atoms with E-state index in [0.29, 0.717) is 24.5 Å². The van der Waals surface area contributed by atoms with E-state index in [0.717, 1.165) is 11.1 Å². The average Bonchev–Trinajstić information content (AvgIpc) is 3.14. The minimum absolute atomic E-state index is 0. The Morgan fingerprint density at radius 3 is 2.75 bits per heavy atom. The molecule has 24 heavy (non-hydrogen) atoms. The Balaban J connectivity index is 0.00000208. The third kappa shape index (κ3) is 4.07. The maximum Gasteiger partial charge on any atom is 0.251 e. The van der Waals surface area contributed by atoms with Crippen molar-refractivity contribution < 1.29 is 12.4 Å². The molecule has 1 N–H and O–H groups in total. The van der Waals surface area contributed by atoms with Crippen LogP contribution in [0.25, 0.3) is 5.57 Å². The molecule has 1 aliphatic rings. The summed E-state index contributed by atoms with van der Waals surface area (Å²) in [6.45, 7) is 1.13. The van der Waals surface area contributed by atoms with Gasteiger partial charge in [-0.1, -0.05) is 19.6 Å². The fourth-order valence-corrected chi connectivity index (χ4v) is 2.33. The van der Waals surface area contributed by atoms with Crippen molar-refractivity contribution in [2.45, 2.75) is 14.0 Å². The molecule has 5 heteroatoms. The van der Waals surface area contributed by atoms with Gasteiger partial charge in [0.1, 0.15) is 0 Å². The van der Waals surface area contributed by atoms with Crippen LogP contribution >= 0.6 is 0 Å². The largest absolute Gasteiger partial charge is 0.481 e. The van der Waals surface area contributed by atoms with Gasteiger partial charge in [-0.3, -0.25) is 9.79 Å². The summed E-state index contributed by atoms with van der Waals surface area (Å²) >= 11 is 0. The van der Waals surface area contributed by atoms with Gasteiger partial charge in [0.05, 0.1) is 13.7 Å². The van der Waals surface area contributed by atoms with Crippen LogP contribution in [0.15, 0.2) is 53.7 Å².